The molecule has 1 aromatic carbocycles. The normalized spacial score (nSPS) is 14.2. The minimum absolute atomic E-state index is 0.00243. The number of benzene rings is 1. The molecule has 0 heterocycles. The SMILES string of the molecule is COCC(C)OCC(O)CNc1c(F)cccc1F. The fourth-order valence-corrected chi connectivity index (χ4v) is 1.50. The van der Waals surface area contributed by atoms with Crippen LogP contribution in [0.3, 0.4) is 0 Å². The lowest BCUT2D eigenvalue weighted by atomic mass is 10.2. The molecule has 0 spiro atoms. The number of para-hydroxylation sites is 1. The monoisotopic (exact) mass is 275 g/mol. The van der Waals surface area contributed by atoms with Gasteiger partial charge in [0.05, 0.1) is 25.4 Å². The number of ether oxygens (including phenoxy) is 2. The molecule has 0 amide bonds. The van der Waals surface area contributed by atoms with E-state index in [9.17, 15) is 13.9 Å². The van der Waals surface area contributed by atoms with Crippen LogP contribution >= 0.6 is 0 Å². The van der Waals surface area contributed by atoms with Crippen molar-refractivity contribution in [2.45, 2.75) is 19.1 Å². The summed E-state index contributed by atoms with van der Waals surface area (Å²) >= 11 is 0. The molecule has 0 saturated carbocycles. The second-order valence-corrected chi connectivity index (χ2v) is 4.23. The zero-order chi connectivity index (χ0) is 14.3. The Labute approximate surface area is 111 Å². The molecule has 0 aliphatic carbocycles. The fourth-order valence-electron chi connectivity index (χ4n) is 1.50. The van der Waals surface area contributed by atoms with Crippen molar-refractivity contribution in [3.63, 3.8) is 0 Å². The van der Waals surface area contributed by atoms with Crippen LogP contribution in [0, 0.1) is 11.6 Å². The van der Waals surface area contributed by atoms with Crippen molar-refractivity contribution in [3.8, 4) is 0 Å². The molecular formula is C13H19F2NO3. The van der Waals surface area contributed by atoms with E-state index in [4.69, 9.17) is 9.47 Å². The Kier molecular flexibility index (Phi) is 6.69. The first kappa shape index (κ1) is 15.8. The van der Waals surface area contributed by atoms with Gasteiger partial charge in [0.15, 0.2) is 0 Å². The summed E-state index contributed by atoms with van der Waals surface area (Å²) in [6.45, 7) is 2.29. The van der Waals surface area contributed by atoms with E-state index in [-0.39, 0.29) is 24.9 Å². The van der Waals surface area contributed by atoms with Crippen LogP contribution in [-0.4, -0.2) is 44.2 Å². The van der Waals surface area contributed by atoms with Crippen molar-refractivity contribution in [3.05, 3.63) is 29.8 Å². The molecule has 2 atom stereocenters. The lowest BCUT2D eigenvalue weighted by molar-refractivity contribution is -0.0282. The van der Waals surface area contributed by atoms with Crippen molar-refractivity contribution in [1.82, 2.24) is 0 Å². The van der Waals surface area contributed by atoms with Gasteiger partial charge in [0.2, 0.25) is 0 Å². The minimum atomic E-state index is -0.863. The summed E-state index contributed by atoms with van der Waals surface area (Å²) in [5, 5.41) is 12.2. The molecule has 0 radical (unpaired) electrons. The lowest BCUT2D eigenvalue weighted by Crippen LogP contribution is -2.28. The molecule has 6 heteroatoms. The van der Waals surface area contributed by atoms with E-state index in [0.717, 1.165) is 12.1 Å². The molecule has 1 rings (SSSR count). The molecule has 2 unspecified atom stereocenters. The van der Waals surface area contributed by atoms with Gasteiger partial charge in [-0.25, -0.2) is 8.78 Å². The molecule has 108 valence electrons. The molecule has 4 nitrogen and oxygen atoms in total. The van der Waals surface area contributed by atoms with Gasteiger partial charge in [0, 0.05) is 13.7 Å². The smallest absolute Gasteiger partial charge is 0.149 e. The summed E-state index contributed by atoms with van der Waals surface area (Å²) in [5.41, 5.74) is -0.244. The lowest BCUT2D eigenvalue weighted by Gasteiger charge is -2.17. The number of nitrogens with one attached hydrogen (secondary N) is 1. The number of hydrogen-bond acceptors (Lipinski definition) is 4. The molecule has 0 fully saturated rings. The highest BCUT2D eigenvalue weighted by molar-refractivity contribution is 5.46. The third-order valence-corrected chi connectivity index (χ3v) is 2.45. The maximum atomic E-state index is 13.3. The number of anilines is 1. The second kappa shape index (κ2) is 8.04. The van der Waals surface area contributed by atoms with Crippen molar-refractivity contribution < 1.29 is 23.4 Å². The molecule has 0 aromatic heterocycles. The molecular weight excluding hydrogens is 256 g/mol. The van der Waals surface area contributed by atoms with Gasteiger partial charge in [-0.2, -0.15) is 0 Å². The van der Waals surface area contributed by atoms with Gasteiger partial charge in [-0.15, -0.1) is 0 Å². The van der Waals surface area contributed by atoms with Crippen LogP contribution in [0.25, 0.3) is 0 Å². The third-order valence-electron chi connectivity index (χ3n) is 2.45. The van der Waals surface area contributed by atoms with E-state index in [0.29, 0.717) is 6.61 Å². The highest BCUT2D eigenvalue weighted by atomic mass is 19.1. The standard InChI is InChI=1S/C13H19F2NO3/c1-9(7-18-2)19-8-10(17)6-16-13-11(14)4-3-5-12(13)15/h3-5,9-10,16-17H,6-8H2,1-2H3. The Balaban J connectivity index is 2.36. The Morgan fingerprint density at radius 3 is 2.47 bits per heavy atom. The number of aliphatic hydroxyl groups is 1. The predicted molar refractivity (Wildman–Crippen MR) is 68.1 cm³/mol. The number of methoxy groups -OCH3 is 1. The quantitative estimate of drug-likeness (QED) is 0.759. The first-order chi connectivity index (χ1) is 9.04. The van der Waals surface area contributed by atoms with E-state index < -0.39 is 17.7 Å². The van der Waals surface area contributed by atoms with Crippen LogP contribution in [0.4, 0.5) is 14.5 Å². The van der Waals surface area contributed by atoms with Crippen molar-refractivity contribution in [1.29, 1.82) is 0 Å². The summed E-state index contributed by atoms with van der Waals surface area (Å²) in [6, 6.07) is 3.58. The van der Waals surface area contributed by atoms with E-state index in [1.54, 1.807) is 14.0 Å². The average Bonchev–Trinajstić information content (AvgIpc) is 2.36. The van der Waals surface area contributed by atoms with E-state index in [1.807, 2.05) is 0 Å². The van der Waals surface area contributed by atoms with Gasteiger partial charge in [-0.1, -0.05) is 6.07 Å². The van der Waals surface area contributed by atoms with E-state index in [2.05, 4.69) is 5.32 Å². The first-order valence-corrected chi connectivity index (χ1v) is 6.01. The zero-order valence-electron chi connectivity index (χ0n) is 11.0. The maximum Gasteiger partial charge on any atom is 0.149 e. The van der Waals surface area contributed by atoms with E-state index in [1.165, 1.54) is 6.07 Å². The Morgan fingerprint density at radius 2 is 1.89 bits per heavy atom. The third kappa shape index (κ3) is 5.50. The molecule has 0 aliphatic heterocycles. The topological polar surface area (TPSA) is 50.7 Å². The molecule has 0 aliphatic rings. The summed E-state index contributed by atoms with van der Waals surface area (Å²) < 4.78 is 36.7. The summed E-state index contributed by atoms with van der Waals surface area (Å²) in [7, 11) is 1.55. The number of halogens is 2. The Morgan fingerprint density at radius 1 is 1.26 bits per heavy atom. The van der Waals surface area contributed by atoms with Crippen LogP contribution < -0.4 is 5.32 Å². The fraction of sp³-hybridized carbons (Fsp3) is 0.538. The molecule has 0 bridgehead atoms. The van der Waals surface area contributed by atoms with Gasteiger partial charge < -0.3 is 19.9 Å². The van der Waals surface area contributed by atoms with E-state index >= 15 is 0 Å². The highest BCUT2D eigenvalue weighted by Gasteiger charge is 2.11. The molecule has 0 saturated heterocycles. The van der Waals surface area contributed by atoms with Crippen LogP contribution in [0.1, 0.15) is 6.92 Å². The van der Waals surface area contributed by atoms with Gasteiger partial charge in [0.1, 0.15) is 17.3 Å². The summed E-state index contributed by atoms with van der Waals surface area (Å²) in [6.07, 6.45) is -1.01. The Hall–Kier alpha value is -1.24. The predicted octanol–water partition coefficient (Wildman–Crippen LogP) is 1.79. The highest BCUT2D eigenvalue weighted by Crippen LogP contribution is 2.17. The van der Waals surface area contributed by atoms with Gasteiger partial charge in [0.25, 0.3) is 0 Å². The van der Waals surface area contributed by atoms with Crippen LogP contribution in [0.2, 0.25) is 0 Å². The largest absolute Gasteiger partial charge is 0.389 e. The first-order valence-electron chi connectivity index (χ1n) is 6.01. The zero-order valence-corrected chi connectivity index (χ0v) is 11.0. The maximum absolute atomic E-state index is 13.3. The van der Waals surface area contributed by atoms with Gasteiger partial charge >= 0.3 is 0 Å². The van der Waals surface area contributed by atoms with Crippen molar-refractivity contribution in [2.75, 3.05) is 32.2 Å². The molecule has 19 heavy (non-hydrogen) atoms. The van der Waals surface area contributed by atoms with Crippen molar-refractivity contribution in [2.24, 2.45) is 0 Å². The number of aliphatic hydroxyl groups excluding tert-OH is 1. The minimum Gasteiger partial charge on any atom is -0.389 e. The van der Waals surface area contributed by atoms with Crippen LogP contribution in [0.5, 0.6) is 0 Å². The van der Waals surface area contributed by atoms with Gasteiger partial charge in [-0.3, -0.25) is 0 Å². The van der Waals surface area contributed by atoms with Gasteiger partial charge in [-0.05, 0) is 19.1 Å². The Bertz CT molecular complexity index is 370. The summed E-state index contributed by atoms with van der Waals surface area (Å²) in [4.78, 5) is 0. The van der Waals surface area contributed by atoms with Crippen LogP contribution in [-0.2, 0) is 9.47 Å². The summed E-state index contributed by atoms with van der Waals surface area (Å²) in [5.74, 6) is -1.39. The number of hydrogen-bond donors (Lipinski definition) is 2. The molecule has 1 aromatic rings. The van der Waals surface area contributed by atoms with Crippen molar-refractivity contribution >= 4 is 5.69 Å². The van der Waals surface area contributed by atoms with Crippen LogP contribution in [0.15, 0.2) is 18.2 Å². The molecule has 2 N–H and O–H groups in total. The second-order valence-electron chi connectivity index (χ2n) is 4.23. The average molecular weight is 275 g/mol. The number of rotatable bonds is 8.